The Morgan fingerprint density at radius 1 is 1.12 bits per heavy atom. The lowest BCUT2D eigenvalue weighted by Crippen LogP contribution is -2.42. The highest BCUT2D eigenvalue weighted by Crippen LogP contribution is 2.40. The van der Waals surface area contributed by atoms with Gasteiger partial charge in [-0.25, -0.2) is 4.39 Å². The maximum atomic E-state index is 13.4. The topological polar surface area (TPSA) is 79.3 Å². The molecule has 2 fully saturated rings. The first-order valence-electron chi connectivity index (χ1n) is 10.5. The Kier molecular flexibility index (Phi) is 6.53. The van der Waals surface area contributed by atoms with E-state index in [1.165, 1.54) is 36.3 Å². The summed E-state index contributed by atoms with van der Waals surface area (Å²) in [7, 11) is 1.53. The molecule has 1 N–H and O–H groups in total. The second-order valence-electron chi connectivity index (χ2n) is 7.73. The van der Waals surface area contributed by atoms with E-state index in [9.17, 15) is 19.1 Å². The fourth-order valence-electron chi connectivity index (χ4n) is 4.11. The van der Waals surface area contributed by atoms with Crippen molar-refractivity contribution in [2.45, 2.75) is 6.04 Å². The van der Waals surface area contributed by atoms with E-state index in [1.807, 2.05) is 0 Å². The summed E-state index contributed by atoms with van der Waals surface area (Å²) in [6, 6.07) is 11.5. The van der Waals surface area contributed by atoms with Crippen LogP contribution in [0.15, 0.2) is 54.1 Å². The lowest BCUT2D eigenvalue weighted by Gasteiger charge is -2.31. The summed E-state index contributed by atoms with van der Waals surface area (Å²) in [6.07, 6.45) is 0. The molecule has 0 spiro atoms. The Morgan fingerprint density at radius 2 is 1.84 bits per heavy atom. The zero-order valence-corrected chi connectivity index (χ0v) is 17.8. The molecule has 2 saturated heterocycles. The van der Waals surface area contributed by atoms with Crippen LogP contribution in [0.25, 0.3) is 5.76 Å². The van der Waals surface area contributed by atoms with Crippen LogP contribution in [-0.2, 0) is 14.3 Å². The second kappa shape index (κ2) is 9.50. The van der Waals surface area contributed by atoms with Crippen molar-refractivity contribution in [3.63, 3.8) is 0 Å². The van der Waals surface area contributed by atoms with Crippen molar-refractivity contribution in [1.82, 2.24) is 9.80 Å². The maximum Gasteiger partial charge on any atom is 0.295 e. The van der Waals surface area contributed by atoms with Crippen molar-refractivity contribution >= 4 is 17.4 Å². The van der Waals surface area contributed by atoms with Crippen LogP contribution in [0, 0.1) is 5.82 Å². The van der Waals surface area contributed by atoms with Gasteiger partial charge in [-0.3, -0.25) is 14.5 Å². The van der Waals surface area contributed by atoms with Crippen LogP contribution in [0.3, 0.4) is 0 Å². The van der Waals surface area contributed by atoms with Crippen LogP contribution < -0.4 is 4.74 Å². The minimum Gasteiger partial charge on any atom is -0.507 e. The zero-order chi connectivity index (χ0) is 22.7. The SMILES string of the molecule is COc1cccc([C@@H]2C(=C(O)c3ccc(F)cc3)C(=O)C(=O)N2CCN2CCOCC2)c1. The first kappa shape index (κ1) is 22.0. The number of aliphatic hydroxyl groups is 1. The van der Waals surface area contributed by atoms with Crippen LogP contribution >= 0.6 is 0 Å². The van der Waals surface area contributed by atoms with Crippen molar-refractivity contribution in [3.8, 4) is 5.75 Å². The maximum absolute atomic E-state index is 13.4. The molecule has 1 amide bonds. The van der Waals surface area contributed by atoms with Crippen LogP contribution in [0.2, 0.25) is 0 Å². The van der Waals surface area contributed by atoms with Crippen LogP contribution in [0.4, 0.5) is 4.39 Å². The molecule has 0 aliphatic carbocycles. The number of hydrogen-bond donors (Lipinski definition) is 1. The van der Waals surface area contributed by atoms with Gasteiger partial charge in [-0.2, -0.15) is 0 Å². The normalized spacial score (nSPS) is 21.2. The predicted octanol–water partition coefficient (Wildman–Crippen LogP) is 2.59. The second-order valence-corrected chi connectivity index (χ2v) is 7.73. The summed E-state index contributed by atoms with van der Waals surface area (Å²) < 4.78 is 24.1. The average molecular weight is 440 g/mol. The number of aliphatic hydroxyl groups excluding tert-OH is 1. The van der Waals surface area contributed by atoms with Crippen LogP contribution in [-0.4, -0.2) is 73.1 Å². The number of morpholine rings is 1. The van der Waals surface area contributed by atoms with Gasteiger partial charge in [-0.05, 0) is 42.0 Å². The molecule has 2 aromatic rings. The predicted molar refractivity (Wildman–Crippen MR) is 116 cm³/mol. The Hall–Kier alpha value is -3.23. The molecule has 2 aliphatic heterocycles. The molecule has 32 heavy (non-hydrogen) atoms. The molecule has 8 heteroatoms. The van der Waals surface area contributed by atoms with E-state index in [0.717, 1.165) is 13.1 Å². The number of rotatable bonds is 6. The number of carbonyl (C=O) groups excluding carboxylic acids is 2. The smallest absolute Gasteiger partial charge is 0.295 e. The summed E-state index contributed by atoms with van der Waals surface area (Å²) in [5.41, 5.74) is 0.900. The van der Waals surface area contributed by atoms with Gasteiger partial charge in [0.2, 0.25) is 0 Å². The van der Waals surface area contributed by atoms with Gasteiger partial charge in [-0.1, -0.05) is 12.1 Å². The number of carbonyl (C=O) groups is 2. The molecular formula is C24H25FN2O5. The summed E-state index contributed by atoms with van der Waals surface area (Å²) in [4.78, 5) is 29.7. The lowest BCUT2D eigenvalue weighted by atomic mass is 9.95. The monoisotopic (exact) mass is 440 g/mol. The molecule has 0 unspecified atom stereocenters. The molecule has 0 radical (unpaired) electrons. The highest BCUT2D eigenvalue weighted by atomic mass is 19.1. The Morgan fingerprint density at radius 3 is 2.53 bits per heavy atom. The number of amides is 1. The number of halogens is 1. The summed E-state index contributed by atoms with van der Waals surface area (Å²) in [6.45, 7) is 3.65. The molecule has 0 saturated carbocycles. The van der Waals surface area contributed by atoms with Crippen molar-refractivity contribution < 1.29 is 28.6 Å². The third-order valence-corrected chi connectivity index (χ3v) is 5.83. The number of benzene rings is 2. The Bertz CT molecular complexity index is 1030. The van der Waals surface area contributed by atoms with E-state index >= 15 is 0 Å². The van der Waals surface area contributed by atoms with Gasteiger partial charge in [0, 0.05) is 31.7 Å². The Labute approximate surface area is 185 Å². The van der Waals surface area contributed by atoms with E-state index in [1.54, 1.807) is 24.3 Å². The van der Waals surface area contributed by atoms with Gasteiger partial charge in [-0.15, -0.1) is 0 Å². The average Bonchev–Trinajstić information content (AvgIpc) is 3.08. The van der Waals surface area contributed by atoms with Crippen molar-refractivity contribution in [2.75, 3.05) is 46.5 Å². The molecule has 0 bridgehead atoms. The minimum absolute atomic E-state index is 0.0168. The summed E-state index contributed by atoms with van der Waals surface area (Å²) >= 11 is 0. The fraction of sp³-hybridized carbons (Fsp3) is 0.333. The van der Waals surface area contributed by atoms with E-state index < -0.39 is 23.5 Å². The van der Waals surface area contributed by atoms with Gasteiger partial charge in [0.25, 0.3) is 11.7 Å². The van der Waals surface area contributed by atoms with E-state index in [-0.39, 0.29) is 16.9 Å². The van der Waals surface area contributed by atoms with E-state index in [2.05, 4.69) is 4.90 Å². The summed E-state index contributed by atoms with van der Waals surface area (Å²) in [5, 5.41) is 11.0. The molecule has 168 valence electrons. The number of ether oxygens (including phenoxy) is 2. The molecule has 2 aliphatic rings. The van der Waals surface area contributed by atoms with Crippen molar-refractivity contribution in [3.05, 3.63) is 71.0 Å². The molecule has 1 atom stereocenters. The number of ketones is 1. The molecule has 2 aromatic carbocycles. The largest absolute Gasteiger partial charge is 0.507 e. The first-order valence-corrected chi connectivity index (χ1v) is 10.5. The number of nitrogens with zero attached hydrogens (tertiary/aromatic N) is 2. The zero-order valence-electron chi connectivity index (χ0n) is 17.8. The fourth-order valence-corrected chi connectivity index (χ4v) is 4.11. The Balaban J connectivity index is 1.74. The molecule has 4 rings (SSSR count). The quantitative estimate of drug-likeness (QED) is 0.423. The van der Waals surface area contributed by atoms with Gasteiger partial charge in [0.1, 0.15) is 17.3 Å². The number of hydrogen-bond acceptors (Lipinski definition) is 6. The molecule has 0 aromatic heterocycles. The van der Waals surface area contributed by atoms with Crippen LogP contribution in [0.1, 0.15) is 17.2 Å². The first-order chi connectivity index (χ1) is 15.5. The van der Waals surface area contributed by atoms with Crippen molar-refractivity contribution in [2.24, 2.45) is 0 Å². The third-order valence-electron chi connectivity index (χ3n) is 5.83. The van der Waals surface area contributed by atoms with Crippen molar-refractivity contribution in [1.29, 1.82) is 0 Å². The van der Waals surface area contributed by atoms with E-state index in [0.29, 0.717) is 37.6 Å². The molecule has 7 nitrogen and oxygen atoms in total. The van der Waals surface area contributed by atoms with Gasteiger partial charge < -0.3 is 19.5 Å². The molecule has 2 heterocycles. The van der Waals surface area contributed by atoms with Gasteiger partial charge in [0.15, 0.2) is 0 Å². The van der Waals surface area contributed by atoms with E-state index in [4.69, 9.17) is 9.47 Å². The minimum atomic E-state index is -0.781. The number of methoxy groups -OCH3 is 1. The highest BCUT2D eigenvalue weighted by molar-refractivity contribution is 6.46. The van der Waals surface area contributed by atoms with Crippen LogP contribution in [0.5, 0.6) is 5.75 Å². The number of Topliss-reactive ketones (excluding diaryl/α,β-unsaturated/α-hetero) is 1. The number of likely N-dealkylation sites (tertiary alicyclic amines) is 1. The standard InChI is InChI=1S/C24H25FN2O5/c1-31-19-4-2-3-17(15-19)21-20(22(28)16-5-7-18(25)8-6-16)23(29)24(30)27(21)10-9-26-11-13-32-14-12-26/h2-8,15,21,28H,9-14H2,1H3/t21-/m1/s1. The van der Waals surface area contributed by atoms with Gasteiger partial charge in [0.05, 0.1) is 31.9 Å². The summed E-state index contributed by atoms with van der Waals surface area (Å²) in [5.74, 6) is -1.65. The lowest BCUT2D eigenvalue weighted by molar-refractivity contribution is -0.140. The third kappa shape index (κ3) is 4.37. The highest BCUT2D eigenvalue weighted by Gasteiger charge is 2.46. The molecular weight excluding hydrogens is 415 g/mol. The van der Waals surface area contributed by atoms with Gasteiger partial charge >= 0.3 is 0 Å².